The largest absolute Gasteiger partial charge is 0.350 e. The topological polar surface area (TPSA) is 74.8 Å². The molecule has 152 valence electrons. The van der Waals surface area contributed by atoms with Gasteiger partial charge in [0.05, 0.1) is 11.4 Å². The molecule has 29 heavy (non-hydrogen) atoms. The molecule has 1 amide bonds. The van der Waals surface area contributed by atoms with Crippen molar-refractivity contribution in [1.82, 2.24) is 15.3 Å². The highest BCUT2D eigenvalue weighted by Crippen LogP contribution is 2.33. The number of thiophene rings is 1. The van der Waals surface area contributed by atoms with Gasteiger partial charge < -0.3 is 10.3 Å². The number of halogens is 2. The highest BCUT2D eigenvalue weighted by Gasteiger charge is 2.20. The van der Waals surface area contributed by atoms with Crippen molar-refractivity contribution < 1.29 is 13.6 Å². The highest BCUT2D eigenvalue weighted by atomic mass is 32.1. The van der Waals surface area contributed by atoms with Crippen molar-refractivity contribution in [2.45, 2.75) is 51.5 Å². The highest BCUT2D eigenvalue weighted by molar-refractivity contribution is 7.18. The molecule has 0 aliphatic heterocycles. The maximum absolute atomic E-state index is 13.4. The van der Waals surface area contributed by atoms with E-state index >= 15 is 0 Å². The Labute approximate surface area is 170 Å². The number of H-pyrrole nitrogens is 1. The molecule has 1 aromatic carbocycles. The molecule has 0 fully saturated rings. The van der Waals surface area contributed by atoms with Gasteiger partial charge in [0.15, 0.2) is 11.6 Å². The summed E-state index contributed by atoms with van der Waals surface area (Å²) >= 11 is 1.57. The van der Waals surface area contributed by atoms with Crippen LogP contribution in [0.4, 0.5) is 8.78 Å². The average Bonchev–Trinajstić information content (AvgIpc) is 3.07. The second-order valence-electron chi connectivity index (χ2n) is 7.37. The quantitative estimate of drug-likeness (QED) is 0.660. The molecule has 1 atom stereocenters. The summed E-state index contributed by atoms with van der Waals surface area (Å²) in [5, 5.41) is 3.46. The Bertz CT molecular complexity index is 1140. The van der Waals surface area contributed by atoms with Crippen LogP contribution in [0.3, 0.4) is 0 Å². The SMILES string of the molecule is C[C@H](NC(=O)CCc1nc2sc3c(c2c(=O)[nH]1)CCCC3)c1ccc(F)c(F)c1. The van der Waals surface area contributed by atoms with Crippen LogP contribution in [0.1, 0.15) is 54.1 Å². The zero-order valence-corrected chi connectivity index (χ0v) is 16.8. The van der Waals surface area contributed by atoms with Gasteiger partial charge in [0.2, 0.25) is 5.91 Å². The number of carbonyl (C=O) groups excluding carboxylic acids is 1. The fourth-order valence-corrected chi connectivity index (χ4v) is 5.02. The Balaban J connectivity index is 1.43. The Kier molecular flexibility index (Phi) is 5.45. The molecule has 2 heterocycles. The first kappa shape index (κ1) is 19.7. The molecular formula is C21H21F2N3O2S. The molecule has 0 spiro atoms. The summed E-state index contributed by atoms with van der Waals surface area (Å²) in [5.41, 5.74) is 1.48. The number of rotatable bonds is 5. The van der Waals surface area contributed by atoms with Crippen molar-refractivity contribution in [3.05, 3.63) is 62.0 Å². The maximum Gasteiger partial charge on any atom is 0.259 e. The molecule has 1 aliphatic rings. The average molecular weight is 417 g/mol. The van der Waals surface area contributed by atoms with E-state index in [0.29, 0.717) is 23.2 Å². The Morgan fingerprint density at radius 1 is 1.28 bits per heavy atom. The van der Waals surface area contributed by atoms with Crippen LogP contribution in [0.2, 0.25) is 0 Å². The van der Waals surface area contributed by atoms with E-state index in [4.69, 9.17) is 0 Å². The molecule has 2 aromatic heterocycles. The number of benzene rings is 1. The molecule has 1 aliphatic carbocycles. The van der Waals surface area contributed by atoms with E-state index in [1.54, 1.807) is 18.3 Å². The molecule has 0 unspecified atom stereocenters. The van der Waals surface area contributed by atoms with E-state index in [1.165, 1.54) is 10.9 Å². The van der Waals surface area contributed by atoms with Gasteiger partial charge in [-0.05, 0) is 55.9 Å². The minimum Gasteiger partial charge on any atom is -0.350 e. The monoisotopic (exact) mass is 417 g/mol. The van der Waals surface area contributed by atoms with Crippen LogP contribution in [0, 0.1) is 11.6 Å². The van der Waals surface area contributed by atoms with Gasteiger partial charge in [-0.2, -0.15) is 0 Å². The summed E-state index contributed by atoms with van der Waals surface area (Å²) in [6, 6.07) is 3.09. The zero-order chi connectivity index (χ0) is 20.5. The number of aromatic amines is 1. The summed E-state index contributed by atoms with van der Waals surface area (Å²) in [6.45, 7) is 1.70. The summed E-state index contributed by atoms with van der Waals surface area (Å²) in [7, 11) is 0. The Hall–Kier alpha value is -2.61. The number of aromatic nitrogens is 2. The molecule has 0 radical (unpaired) electrons. The number of hydrogen-bond acceptors (Lipinski definition) is 4. The van der Waals surface area contributed by atoms with Gasteiger partial charge in [-0.25, -0.2) is 13.8 Å². The number of carbonyl (C=O) groups is 1. The summed E-state index contributed by atoms with van der Waals surface area (Å²) in [6.07, 6.45) is 4.58. The smallest absolute Gasteiger partial charge is 0.259 e. The van der Waals surface area contributed by atoms with E-state index in [1.807, 2.05) is 0 Å². The fraction of sp³-hybridized carbons (Fsp3) is 0.381. The van der Waals surface area contributed by atoms with E-state index < -0.39 is 17.7 Å². The number of aryl methyl sites for hydroxylation is 3. The number of nitrogens with zero attached hydrogens (tertiary/aromatic N) is 1. The lowest BCUT2D eigenvalue weighted by Gasteiger charge is -2.14. The summed E-state index contributed by atoms with van der Waals surface area (Å²) < 4.78 is 26.4. The molecule has 4 rings (SSSR count). The van der Waals surface area contributed by atoms with Crippen LogP contribution < -0.4 is 10.9 Å². The zero-order valence-electron chi connectivity index (χ0n) is 16.0. The van der Waals surface area contributed by atoms with Crippen molar-refractivity contribution >= 4 is 27.5 Å². The number of amides is 1. The number of nitrogens with one attached hydrogen (secondary N) is 2. The normalized spacial score (nSPS) is 14.6. The van der Waals surface area contributed by atoms with E-state index in [-0.39, 0.29) is 17.9 Å². The van der Waals surface area contributed by atoms with Crippen LogP contribution in [0.25, 0.3) is 10.2 Å². The second kappa shape index (κ2) is 8.02. The number of hydrogen-bond donors (Lipinski definition) is 2. The van der Waals surface area contributed by atoms with Crippen LogP contribution >= 0.6 is 11.3 Å². The standard InChI is InChI=1S/C21H21F2N3O2S/c1-11(12-6-7-14(22)15(23)10-12)24-18(27)9-8-17-25-20(28)19-13-4-2-3-5-16(13)29-21(19)26-17/h6-7,10-11H,2-5,8-9H2,1H3,(H,24,27)(H,25,26,28)/t11-/m0/s1. The van der Waals surface area contributed by atoms with Crippen LogP contribution in [0.15, 0.2) is 23.0 Å². The van der Waals surface area contributed by atoms with Gasteiger partial charge in [0.25, 0.3) is 5.56 Å². The lowest BCUT2D eigenvalue weighted by atomic mass is 9.97. The summed E-state index contributed by atoms with van der Waals surface area (Å²) in [5.74, 6) is -1.64. The molecule has 3 aromatic rings. The van der Waals surface area contributed by atoms with Crippen molar-refractivity contribution in [2.24, 2.45) is 0 Å². The van der Waals surface area contributed by atoms with Gasteiger partial charge in [0.1, 0.15) is 10.7 Å². The van der Waals surface area contributed by atoms with Crippen molar-refractivity contribution in [1.29, 1.82) is 0 Å². The van der Waals surface area contributed by atoms with Gasteiger partial charge in [-0.3, -0.25) is 9.59 Å². The van der Waals surface area contributed by atoms with Crippen molar-refractivity contribution in [3.63, 3.8) is 0 Å². The Morgan fingerprint density at radius 3 is 2.86 bits per heavy atom. The Morgan fingerprint density at radius 2 is 2.07 bits per heavy atom. The maximum atomic E-state index is 13.4. The molecule has 2 N–H and O–H groups in total. The lowest BCUT2D eigenvalue weighted by molar-refractivity contribution is -0.121. The molecule has 0 saturated carbocycles. The number of fused-ring (bicyclic) bond motifs is 3. The first-order chi connectivity index (χ1) is 13.9. The van der Waals surface area contributed by atoms with Gasteiger partial charge in [0, 0.05) is 17.7 Å². The van der Waals surface area contributed by atoms with Crippen LogP contribution in [0.5, 0.6) is 0 Å². The van der Waals surface area contributed by atoms with Gasteiger partial charge in [-0.1, -0.05) is 6.07 Å². The van der Waals surface area contributed by atoms with E-state index in [2.05, 4.69) is 15.3 Å². The third kappa shape index (κ3) is 4.07. The van der Waals surface area contributed by atoms with Gasteiger partial charge >= 0.3 is 0 Å². The predicted molar refractivity (Wildman–Crippen MR) is 108 cm³/mol. The third-order valence-electron chi connectivity index (χ3n) is 5.28. The predicted octanol–water partition coefficient (Wildman–Crippen LogP) is 3.95. The second-order valence-corrected chi connectivity index (χ2v) is 8.45. The first-order valence-electron chi connectivity index (χ1n) is 9.70. The molecular weight excluding hydrogens is 396 g/mol. The van der Waals surface area contributed by atoms with Gasteiger partial charge in [-0.15, -0.1) is 11.3 Å². The van der Waals surface area contributed by atoms with E-state index in [9.17, 15) is 18.4 Å². The van der Waals surface area contributed by atoms with Crippen molar-refractivity contribution in [3.8, 4) is 0 Å². The van der Waals surface area contributed by atoms with Crippen molar-refractivity contribution in [2.75, 3.05) is 0 Å². The minimum absolute atomic E-state index is 0.132. The first-order valence-corrected chi connectivity index (χ1v) is 10.5. The van der Waals surface area contributed by atoms with E-state index in [0.717, 1.165) is 48.2 Å². The summed E-state index contributed by atoms with van der Waals surface area (Å²) in [4.78, 5) is 34.2. The lowest BCUT2D eigenvalue weighted by Crippen LogP contribution is -2.27. The fourth-order valence-electron chi connectivity index (χ4n) is 3.74. The minimum atomic E-state index is -0.947. The molecule has 0 saturated heterocycles. The third-order valence-corrected chi connectivity index (χ3v) is 6.47. The van der Waals surface area contributed by atoms with Crippen LogP contribution in [-0.2, 0) is 24.1 Å². The van der Waals surface area contributed by atoms with Crippen LogP contribution in [-0.4, -0.2) is 15.9 Å². The molecule has 0 bridgehead atoms. The molecule has 8 heteroatoms. The molecule has 5 nitrogen and oxygen atoms in total.